The molecular weight excluding hydrogens is 284 g/mol. The molecule has 1 rings (SSSR count). The summed E-state index contributed by atoms with van der Waals surface area (Å²) in [5.74, 6) is 0.433. The molecule has 6 nitrogen and oxygen atoms in total. The summed E-state index contributed by atoms with van der Waals surface area (Å²) in [5.41, 5.74) is 6.53. The topological polar surface area (TPSA) is 93.8 Å². The number of hydrogen-bond donors (Lipinski definition) is 3. The van der Waals surface area contributed by atoms with E-state index >= 15 is 0 Å². The van der Waals surface area contributed by atoms with E-state index in [-0.39, 0.29) is 38.1 Å². The molecule has 0 aliphatic heterocycles. The number of methoxy groups -OCH3 is 1. The number of nitrogens with two attached hydrogens (primary N) is 1. The van der Waals surface area contributed by atoms with Crippen LogP contribution in [0, 0.1) is 0 Å². The first kappa shape index (κ1) is 18.7. The molecule has 0 saturated carbocycles. The van der Waals surface area contributed by atoms with Gasteiger partial charge in [0.05, 0.1) is 13.2 Å². The molecule has 1 aromatic rings. The van der Waals surface area contributed by atoms with E-state index < -0.39 is 6.04 Å². The number of rotatable bonds is 8. The minimum Gasteiger partial charge on any atom is -0.491 e. The van der Waals surface area contributed by atoms with Gasteiger partial charge in [-0.05, 0) is 17.7 Å². The summed E-state index contributed by atoms with van der Waals surface area (Å²) in [6, 6.07) is 6.60. The Labute approximate surface area is 124 Å². The first-order valence-electron chi connectivity index (χ1n) is 6.02. The van der Waals surface area contributed by atoms with Crippen LogP contribution in [0.4, 0.5) is 0 Å². The highest BCUT2D eigenvalue weighted by atomic mass is 35.5. The van der Waals surface area contributed by atoms with Gasteiger partial charge in [-0.3, -0.25) is 4.79 Å². The number of carbonyl (C=O) groups excluding carboxylic acids is 1. The van der Waals surface area contributed by atoms with E-state index in [1.54, 1.807) is 12.1 Å². The van der Waals surface area contributed by atoms with E-state index in [1.807, 2.05) is 12.1 Å². The molecule has 1 aromatic carbocycles. The van der Waals surface area contributed by atoms with E-state index in [0.29, 0.717) is 12.3 Å². The fourth-order valence-corrected chi connectivity index (χ4v) is 1.44. The van der Waals surface area contributed by atoms with Crippen LogP contribution in [0.25, 0.3) is 0 Å². The Morgan fingerprint density at radius 1 is 1.40 bits per heavy atom. The molecule has 1 atom stereocenters. The summed E-state index contributed by atoms with van der Waals surface area (Å²) >= 11 is 0. The van der Waals surface area contributed by atoms with Crippen molar-refractivity contribution in [2.45, 2.75) is 12.6 Å². The molecule has 4 N–H and O–H groups in total. The largest absolute Gasteiger partial charge is 0.491 e. The van der Waals surface area contributed by atoms with Crippen LogP contribution in [0.5, 0.6) is 5.75 Å². The van der Waals surface area contributed by atoms with E-state index in [4.69, 9.17) is 20.3 Å². The molecule has 0 spiro atoms. The Balaban J connectivity index is 0.00000361. The Kier molecular flexibility index (Phi) is 9.75. The lowest BCUT2D eigenvalue weighted by molar-refractivity contribution is -0.123. The van der Waals surface area contributed by atoms with Gasteiger partial charge in [0.2, 0.25) is 5.91 Å². The van der Waals surface area contributed by atoms with Gasteiger partial charge in [0.15, 0.2) is 0 Å². The normalized spacial score (nSPS) is 11.3. The van der Waals surface area contributed by atoms with E-state index in [0.717, 1.165) is 5.56 Å². The maximum absolute atomic E-state index is 11.5. The van der Waals surface area contributed by atoms with Crippen molar-refractivity contribution in [1.29, 1.82) is 0 Å². The summed E-state index contributed by atoms with van der Waals surface area (Å²) in [5, 5.41) is 11.4. The molecule has 114 valence electrons. The molecule has 7 heteroatoms. The van der Waals surface area contributed by atoms with E-state index in [1.165, 1.54) is 7.11 Å². The Hall–Kier alpha value is -1.34. The van der Waals surface area contributed by atoms with Gasteiger partial charge in [0.1, 0.15) is 18.4 Å². The average molecular weight is 305 g/mol. The third kappa shape index (κ3) is 6.72. The number of carbonyl (C=O) groups is 1. The molecule has 0 bridgehead atoms. The predicted octanol–water partition coefficient (Wildman–Crippen LogP) is 0.0694. The number of nitrogens with one attached hydrogen (secondary N) is 1. The van der Waals surface area contributed by atoms with E-state index in [2.05, 4.69) is 5.32 Å². The monoisotopic (exact) mass is 304 g/mol. The summed E-state index contributed by atoms with van der Waals surface area (Å²) in [6.45, 7) is 0.841. The van der Waals surface area contributed by atoms with Crippen molar-refractivity contribution in [2.75, 3.05) is 26.9 Å². The minimum atomic E-state index is -0.655. The second-order valence-electron chi connectivity index (χ2n) is 4.00. The number of hydrogen-bond acceptors (Lipinski definition) is 5. The fourth-order valence-electron chi connectivity index (χ4n) is 1.44. The zero-order valence-electron chi connectivity index (χ0n) is 11.4. The second-order valence-corrected chi connectivity index (χ2v) is 4.00. The molecular formula is C13H21ClN2O4. The third-order valence-corrected chi connectivity index (χ3v) is 2.43. The van der Waals surface area contributed by atoms with Crippen LogP contribution in [-0.2, 0) is 16.1 Å². The summed E-state index contributed by atoms with van der Waals surface area (Å²) in [4.78, 5) is 11.5. The van der Waals surface area contributed by atoms with Crippen LogP contribution in [-0.4, -0.2) is 44.0 Å². The zero-order chi connectivity index (χ0) is 14.1. The van der Waals surface area contributed by atoms with Crippen LogP contribution < -0.4 is 15.8 Å². The zero-order valence-corrected chi connectivity index (χ0v) is 12.2. The molecule has 0 aromatic heterocycles. The van der Waals surface area contributed by atoms with Gasteiger partial charge in [-0.25, -0.2) is 0 Å². The highest BCUT2D eigenvalue weighted by Crippen LogP contribution is 2.11. The highest BCUT2D eigenvalue weighted by Gasteiger charge is 2.12. The van der Waals surface area contributed by atoms with Crippen molar-refractivity contribution < 1.29 is 19.4 Å². The second kappa shape index (κ2) is 10.4. The molecule has 0 radical (unpaired) electrons. The highest BCUT2D eigenvalue weighted by molar-refractivity contribution is 5.85. The van der Waals surface area contributed by atoms with E-state index in [9.17, 15) is 4.79 Å². The van der Waals surface area contributed by atoms with Gasteiger partial charge in [0.25, 0.3) is 0 Å². The average Bonchev–Trinajstić information content (AvgIpc) is 2.43. The Morgan fingerprint density at radius 3 is 2.60 bits per heavy atom. The standard InChI is InChI=1S/C13H20N2O4.ClH/c1-18-9-12(14)13(17)15-8-10-2-4-11(5-3-10)19-7-6-16;/h2-5,12,16H,6-9,14H2,1H3,(H,15,17);1H. The molecule has 0 fully saturated rings. The lowest BCUT2D eigenvalue weighted by Crippen LogP contribution is -2.43. The first-order valence-corrected chi connectivity index (χ1v) is 6.02. The quantitative estimate of drug-likeness (QED) is 0.632. The van der Waals surface area contributed by atoms with Gasteiger partial charge >= 0.3 is 0 Å². The van der Waals surface area contributed by atoms with Crippen LogP contribution in [0.2, 0.25) is 0 Å². The smallest absolute Gasteiger partial charge is 0.239 e. The Morgan fingerprint density at radius 2 is 2.05 bits per heavy atom. The molecule has 0 heterocycles. The third-order valence-electron chi connectivity index (χ3n) is 2.43. The summed E-state index contributed by atoms with van der Waals surface area (Å²) < 4.78 is 10.0. The SMILES string of the molecule is COCC(N)C(=O)NCc1ccc(OCCO)cc1.Cl. The summed E-state index contributed by atoms with van der Waals surface area (Å²) in [6.07, 6.45) is 0. The van der Waals surface area contributed by atoms with Gasteiger partial charge in [-0.2, -0.15) is 0 Å². The molecule has 1 amide bonds. The van der Waals surface area contributed by atoms with Crippen molar-refractivity contribution in [1.82, 2.24) is 5.32 Å². The molecule has 1 unspecified atom stereocenters. The summed E-state index contributed by atoms with van der Waals surface area (Å²) in [7, 11) is 1.50. The number of benzene rings is 1. The van der Waals surface area contributed by atoms with Gasteiger partial charge in [0, 0.05) is 13.7 Å². The van der Waals surface area contributed by atoms with Gasteiger partial charge in [-0.15, -0.1) is 12.4 Å². The molecule has 20 heavy (non-hydrogen) atoms. The first-order chi connectivity index (χ1) is 9.17. The Bertz CT molecular complexity index is 386. The maximum Gasteiger partial charge on any atom is 0.239 e. The number of aliphatic hydroxyl groups excluding tert-OH is 1. The number of ether oxygens (including phenoxy) is 2. The van der Waals surface area contributed by atoms with Crippen LogP contribution in [0.3, 0.4) is 0 Å². The maximum atomic E-state index is 11.5. The lowest BCUT2D eigenvalue weighted by atomic mass is 10.2. The van der Waals surface area contributed by atoms with Crippen molar-refractivity contribution in [3.63, 3.8) is 0 Å². The van der Waals surface area contributed by atoms with Crippen molar-refractivity contribution in [3.05, 3.63) is 29.8 Å². The molecule has 0 aliphatic rings. The van der Waals surface area contributed by atoms with Gasteiger partial charge in [-0.1, -0.05) is 12.1 Å². The predicted molar refractivity (Wildman–Crippen MR) is 78.0 cm³/mol. The number of aliphatic hydroxyl groups is 1. The van der Waals surface area contributed by atoms with Crippen LogP contribution in [0.15, 0.2) is 24.3 Å². The van der Waals surface area contributed by atoms with Crippen molar-refractivity contribution in [2.24, 2.45) is 5.73 Å². The number of amides is 1. The number of halogens is 1. The lowest BCUT2D eigenvalue weighted by Gasteiger charge is -2.11. The molecule has 0 aliphatic carbocycles. The van der Waals surface area contributed by atoms with Crippen molar-refractivity contribution >= 4 is 18.3 Å². The fraction of sp³-hybridized carbons (Fsp3) is 0.462. The van der Waals surface area contributed by atoms with Crippen LogP contribution >= 0.6 is 12.4 Å². The van der Waals surface area contributed by atoms with Gasteiger partial charge < -0.3 is 25.6 Å². The van der Waals surface area contributed by atoms with Crippen LogP contribution in [0.1, 0.15) is 5.56 Å². The van der Waals surface area contributed by atoms with Crippen molar-refractivity contribution in [3.8, 4) is 5.75 Å². The minimum absolute atomic E-state index is 0. The molecule has 0 saturated heterocycles.